The van der Waals surface area contributed by atoms with Crippen LogP contribution in [0.1, 0.15) is 38.2 Å². The lowest BCUT2D eigenvalue weighted by molar-refractivity contribution is -0.201. The number of rotatable bonds is 12. The van der Waals surface area contributed by atoms with Gasteiger partial charge in [-0.1, -0.05) is 12.1 Å². The Balaban J connectivity index is 1.37. The number of pyridine rings is 2. The van der Waals surface area contributed by atoms with Gasteiger partial charge in [0.25, 0.3) is 11.5 Å². The molecule has 1 unspecified atom stereocenters. The number of nitrogens with zero attached hydrogens (tertiary/aromatic N) is 2. The first-order valence-corrected chi connectivity index (χ1v) is 15.2. The maximum atomic E-state index is 12.9. The number of aromatic nitrogens is 2. The minimum Gasteiger partial charge on any atom is -0.489 e. The Morgan fingerprint density at radius 3 is 2.54 bits per heavy atom. The third kappa shape index (κ3) is 7.72. The van der Waals surface area contributed by atoms with E-state index in [9.17, 15) is 18.0 Å². The van der Waals surface area contributed by atoms with Crippen LogP contribution in [0.5, 0.6) is 11.6 Å². The van der Waals surface area contributed by atoms with E-state index in [1.807, 2.05) is 30.3 Å². The minimum absolute atomic E-state index is 0.0169. The summed E-state index contributed by atoms with van der Waals surface area (Å²) >= 11 is 0. The fraction of sp³-hybridized carbons (Fsp3) is 0.414. The Bertz CT molecular complexity index is 1480. The first-order chi connectivity index (χ1) is 19.6. The third-order valence-electron chi connectivity index (χ3n) is 7.15. The molecular weight excluding hydrogens is 550 g/mol. The normalized spacial score (nSPS) is 16.9. The summed E-state index contributed by atoms with van der Waals surface area (Å²) in [7, 11) is -2.29. The van der Waals surface area contributed by atoms with Crippen LogP contribution in [-0.4, -0.2) is 54.9 Å². The minimum atomic E-state index is -3.85. The summed E-state index contributed by atoms with van der Waals surface area (Å²) in [6.45, 7) is 2.21. The van der Waals surface area contributed by atoms with Gasteiger partial charge in [-0.25, -0.2) is 23.7 Å². The van der Waals surface area contributed by atoms with Gasteiger partial charge in [-0.2, -0.15) is 0 Å². The van der Waals surface area contributed by atoms with Crippen LogP contribution in [0.3, 0.4) is 0 Å². The van der Waals surface area contributed by atoms with Gasteiger partial charge in [0.2, 0.25) is 5.88 Å². The molecule has 2 atom stereocenters. The maximum Gasteiger partial charge on any atom is 0.264 e. The number of nitrogens with one attached hydrogen (secondary N) is 1. The molecule has 0 radical (unpaired) electrons. The Labute approximate surface area is 239 Å². The van der Waals surface area contributed by atoms with Gasteiger partial charge in [0, 0.05) is 55.9 Å². The number of carbonyl (C=O) groups is 1. The van der Waals surface area contributed by atoms with Crippen LogP contribution < -0.4 is 20.5 Å². The van der Waals surface area contributed by atoms with Crippen molar-refractivity contribution in [1.82, 2.24) is 15.0 Å². The first kappa shape index (κ1) is 30.2. The Kier molecular flexibility index (Phi) is 9.79. The summed E-state index contributed by atoms with van der Waals surface area (Å²) in [4.78, 5) is 35.3. The molecule has 1 aliphatic rings. The molecule has 1 saturated heterocycles. The predicted molar refractivity (Wildman–Crippen MR) is 152 cm³/mol. The van der Waals surface area contributed by atoms with Crippen LogP contribution in [0.2, 0.25) is 0 Å². The third-order valence-corrected chi connectivity index (χ3v) is 9.17. The van der Waals surface area contributed by atoms with Crippen molar-refractivity contribution in [3.05, 3.63) is 76.8 Å². The van der Waals surface area contributed by atoms with E-state index in [2.05, 4.69) is 10.5 Å². The van der Waals surface area contributed by atoms with Gasteiger partial charge >= 0.3 is 0 Å². The molecule has 0 saturated carbocycles. The van der Waals surface area contributed by atoms with Crippen LogP contribution >= 0.6 is 0 Å². The summed E-state index contributed by atoms with van der Waals surface area (Å²) in [6, 6.07) is 14.2. The number of hydrogen-bond acceptors (Lipinski definition) is 9. The molecule has 220 valence electrons. The fourth-order valence-electron chi connectivity index (χ4n) is 4.23. The zero-order chi connectivity index (χ0) is 29.5. The zero-order valence-corrected chi connectivity index (χ0v) is 24.2. The molecule has 41 heavy (non-hydrogen) atoms. The van der Waals surface area contributed by atoms with Gasteiger partial charge in [-0.05, 0) is 61.6 Å². The van der Waals surface area contributed by atoms with Crippen molar-refractivity contribution in [3.63, 3.8) is 0 Å². The van der Waals surface area contributed by atoms with Crippen LogP contribution in [0, 0.1) is 0 Å². The molecule has 3 aromatic rings. The largest absolute Gasteiger partial charge is 0.489 e. The molecule has 0 bridgehead atoms. The predicted octanol–water partition coefficient (Wildman–Crippen LogP) is 3.27. The smallest absolute Gasteiger partial charge is 0.264 e. The van der Waals surface area contributed by atoms with E-state index in [-0.39, 0.29) is 18.5 Å². The highest BCUT2D eigenvalue weighted by atomic mass is 32.2. The van der Waals surface area contributed by atoms with Crippen LogP contribution in [0.4, 0.5) is 0 Å². The average Bonchev–Trinajstić information content (AvgIpc) is 2.98. The molecule has 1 aromatic carbocycles. The quantitative estimate of drug-likeness (QED) is 0.318. The summed E-state index contributed by atoms with van der Waals surface area (Å²) in [5.74, 6) is 0.393. The highest BCUT2D eigenvalue weighted by molar-refractivity contribution is 7.92. The van der Waals surface area contributed by atoms with Crippen molar-refractivity contribution in [2.45, 2.75) is 56.8 Å². The molecule has 1 amide bonds. The summed E-state index contributed by atoms with van der Waals surface area (Å²) < 4.78 is 41.1. The molecule has 3 heterocycles. The molecule has 4 rings (SSSR count). The van der Waals surface area contributed by atoms with E-state index in [0.29, 0.717) is 36.8 Å². The number of sulfone groups is 1. The van der Waals surface area contributed by atoms with E-state index in [0.717, 1.165) is 30.2 Å². The highest BCUT2D eigenvalue weighted by Gasteiger charge is 2.44. The molecular formula is C29H35N3O8S. The van der Waals surface area contributed by atoms with Gasteiger partial charge in [0.15, 0.2) is 20.9 Å². The SMILES string of the molecule is COc1ccc(COc2ccc(-c3ccn(CC[C@](C)(C(=O)NOC4CCCCO4)S(C)(=O)=O)c(=O)c3)cc2)cn1. The number of amides is 1. The highest BCUT2D eigenvalue weighted by Crippen LogP contribution is 2.25. The Hall–Kier alpha value is -3.74. The summed E-state index contributed by atoms with van der Waals surface area (Å²) in [6.07, 6.45) is 5.94. The molecule has 0 spiro atoms. The molecule has 1 fully saturated rings. The molecule has 1 aliphatic heterocycles. The number of ether oxygens (including phenoxy) is 3. The topological polar surface area (TPSA) is 135 Å². The molecule has 0 aliphatic carbocycles. The number of hydrogen-bond donors (Lipinski definition) is 1. The van der Waals surface area contributed by atoms with Crippen molar-refractivity contribution in [3.8, 4) is 22.8 Å². The number of methoxy groups -OCH3 is 1. The van der Waals surface area contributed by atoms with Gasteiger partial charge in [-0.3, -0.25) is 9.59 Å². The van der Waals surface area contributed by atoms with E-state index < -0.39 is 26.8 Å². The summed E-state index contributed by atoms with van der Waals surface area (Å²) in [5, 5.41) is 0. The van der Waals surface area contributed by atoms with Crippen LogP contribution in [0.15, 0.2) is 65.7 Å². The van der Waals surface area contributed by atoms with Crippen molar-refractivity contribution < 1.29 is 32.3 Å². The molecule has 11 nitrogen and oxygen atoms in total. The number of hydroxylamine groups is 1. The van der Waals surface area contributed by atoms with E-state index in [1.54, 1.807) is 31.6 Å². The van der Waals surface area contributed by atoms with Gasteiger partial charge in [-0.15, -0.1) is 0 Å². The standard InChI is InChI=1S/C29H35N3O8S/c1-29(41(3,35)36,28(34)31-40-27-6-4-5-17-38-27)14-16-32-15-13-23(18-26(32)33)22-8-10-24(11-9-22)39-20-21-7-12-25(37-2)30-19-21/h7-13,15,18-19,27H,4-6,14,16-17,20H2,1-3H3,(H,31,34)/t27?,29-/m1/s1. The van der Waals surface area contributed by atoms with Crippen molar-refractivity contribution in [2.75, 3.05) is 20.0 Å². The average molecular weight is 586 g/mol. The van der Waals surface area contributed by atoms with Crippen molar-refractivity contribution >= 4 is 15.7 Å². The van der Waals surface area contributed by atoms with Crippen LogP contribution in [-0.2, 0) is 37.4 Å². The first-order valence-electron chi connectivity index (χ1n) is 13.3. The van der Waals surface area contributed by atoms with Crippen molar-refractivity contribution in [1.29, 1.82) is 0 Å². The Morgan fingerprint density at radius 2 is 1.93 bits per heavy atom. The zero-order valence-electron chi connectivity index (χ0n) is 23.4. The Morgan fingerprint density at radius 1 is 1.15 bits per heavy atom. The lowest BCUT2D eigenvalue weighted by Crippen LogP contribution is -2.51. The number of carbonyl (C=O) groups excluding carboxylic acids is 1. The monoisotopic (exact) mass is 585 g/mol. The number of aryl methyl sites for hydroxylation is 1. The van der Waals surface area contributed by atoms with Gasteiger partial charge < -0.3 is 18.8 Å². The second kappa shape index (κ2) is 13.3. The van der Waals surface area contributed by atoms with Gasteiger partial charge in [0.1, 0.15) is 12.4 Å². The number of benzene rings is 1. The maximum absolute atomic E-state index is 12.9. The van der Waals surface area contributed by atoms with E-state index in [1.165, 1.54) is 17.6 Å². The lowest BCUT2D eigenvalue weighted by atomic mass is 10.1. The lowest BCUT2D eigenvalue weighted by Gasteiger charge is -2.28. The molecule has 2 aromatic heterocycles. The second-order valence-corrected chi connectivity index (χ2v) is 12.5. The van der Waals surface area contributed by atoms with E-state index >= 15 is 0 Å². The second-order valence-electron chi connectivity index (χ2n) is 10.1. The van der Waals surface area contributed by atoms with E-state index in [4.69, 9.17) is 19.0 Å². The molecule has 12 heteroatoms. The fourth-order valence-corrected chi connectivity index (χ4v) is 5.07. The van der Waals surface area contributed by atoms with Crippen LogP contribution in [0.25, 0.3) is 11.1 Å². The van der Waals surface area contributed by atoms with Crippen molar-refractivity contribution in [2.24, 2.45) is 0 Å². The molecule has 1 N–H and O–H groups in total. The summed E-state index contributed by atoms with van der Waals surface area (Å²) in [5.41, 5.74) is 4.35. The van der Waals surface area contributed by atoms with Gasteiger partial charge in [0.05, 0.1) is 7.11 Å².